The van der Waals surface area contributed by atoms with Crippen LogP contribution in [0.1, 0.15) is 63.1 Å². The summed E-state index contributed by atoms with van der Waals surface area (Å²) in [5.41, 5.74) is 7.87. The minimum atomic E-state index is -0.698. The molecule has 152 valence electrons. The van der Waals surface area contributed by atoms with Gasteiger partial charge in [-0.2, -0.15) is 0 Å². The molecule has 0 spiro atoms. The van der Waals surface area contributed by atoms with Crippen molar-refractivity contribution in [1.82, 2.24) is 0 Å². The van der Waals surface area contributed by atoms with Gasteiger partial charge in [0.05, 0.1) is 0 Å². The van der Waals surface area contributed by atoms with Crippen LogP contribution >= 0.6 is 7.92 Å². The molecular formula is C25H29Cl2PZr. The molecule has 0 heterocycles. The van der Waals surface area contributed by atoms with E-state index in [-0.39, 0.29) is 32.7 Å². The van der Waals surface area contributed by atoms with Crippen molar-refractivity contribution in [2.75, 3.05) is 12.3 Å². The smallest absolute Gasteiger partial charge is 1.00 e. The van der Waals surface area contributed by atoms with Gasteiger partial charge in [-0.25, -0.2) is 0 Å². The van der Waals surface area contributed by atoms with E-state index in [1.54, 1.807) is 16.7 Å². The van der Waals surface area contributed by atoms with Crippen molar-refractivity contribution in [3.8, 4) is 0 Å². The second-order valence-electron chi connectivity index (χ2n) is 7.74. The summed E-state index contributed by atoms with van der Waals surface area (Å²) in [6, 6.07) is 18.4. The van der Waals surface area contributed by atoms with E-state index in [1.807, 2.05) is 5.31 Å². The normalized spacial score (nSPS) is 18.8. The van der Waals surface area contributed by atoms with Crippen molar-refractivity contribution in [2.45, 2.75) is 40.9 Å². The molecule has 0 amide bonds. The quantitative estimate of drug-likeness (QED) is 0.486. The number of benzene rings is 2. The zero-order valence-electron chi connectivity index (χ0n) is 17.5. The van der Waals surface area contributed by atoms with Crippen LogP contribution in [0.4, 0.5) is 0 Å². The molecule has 2 atom stereocenters. The summed E-state index contributed by atoms with van der Waals surface area (Å²) in [7, 11) is 0.0347. The predicted octanol–water partition coefficient (Wildman–Crippen LogP) is 1.63. The molecule has 0 aromatic heterocycles. The average molecular weight is 523 g/mol. The van der Waals surface area contributed by atoms with Gasteiger partial charge in [0.25, 0.3) is 0 Å². The monoisotopic (exact) mass is 520 g/mol. The molecule has 2 unspecified atom stereocenters. The first-order chi connectivity index (χ1) is 13.2. The zero-order chi connectivity index (χ0) is 18.8. The summed E-state index contributed by atoms with van der Waals surface area (Å²) >= 11 is -0.698. The summed E-state index contributed by atoms with van der Waals surface area (Å²) in [5, 5.41) is 1.85. The van der Waals surface area contributed by atoms with Gasteiger partial charge in [-0.15, -0.1) is 0 Å². The van der Waals surface area contributed by atoms with Crippen molar-refractivity contribution < 1.29 is 48.0 Å². The van der Waals surface area contributed by atoms with E-state index in [0.29, 0.717) is 0 Å². The molecule has 2 aliphatic rings. The minimum absolute atomic E-state index is 0. The van der Waals surface area contributed by atoms with Crippen LogP contribution in [0.25, 0.3) is 12.2 Å². The molecule has 0 nitrogen and oxygen atoms in total. The molecule has 29 heavy (non-hydrogen) atoms. The second-order valence-corrected chi connectivity index (χ2v) is 13.9. The second kappa shape index (κ2) is 11.4. The largest absolute Gasteiger partial charge is 1.00 e. The van der Waals surface area contributed by atoms with Gasteiger partial charge in [-0.1, -0.05) is 0 Å². The molecule has 4 heteroatoms. The van der Waals surface area contributed by atoms with Crippen LogP contribution in [0.5, 0.6) is 0 Å². The van der Waals surface area contributed by atoms with E-state index in [1.165, 1.54) is 36.3 Å². The Morgan fingerprint density at radius 3 is 1.86 bits per heavy atom. The van der Waals surface area contributed by atoms with Crippen LogP contribution in [-0.2, 0) is 23.2 Å². The fourth-order valence-electron chi connectivity index (χ4n) is 4.53. The van der Waals surface area contributed by atoms with Crippen molar-refractivity contribution >= 4 is 20.1 Å². The van der Waals surface area contributed by atoms with Crippen molar-refractivity contribution in [3.05, 3.63) is 81.7 Å². The van der Waals surface area contributed by atoms with Crippen LogP contribution in [0.2, 0.25) is 0 Å². The Morgan fingerprint density at radius 1 is 0.759 bits per heavy atom. The molecule has 0 aliphatic heterocycles. The number of allylic oxidation sites excluding steroid dienone is 2. The van der Waals surface area contributed by atoms with Gasteiger partial charge in [0.15, 0.2) is 0 Å². The zero-order valence-corrected chi connectivity index (χ0v) is 22.3. The standard InChI is InChI=1S/C15H20P.C10H9.2ClH.Zr/c1-3-9-16(10-4-2)15-11-13-7-5-6-8-14(13)12-15;1-8-6-9-4-2-3-5-10(9)7-8;;;/h5-8,11-12H,3-4,9-10H2,1-2H3;2-7H,1H3;2*1H;/q;;;;+2/p-2. The molecule has 0 N–H and O–H groups in total. The Kier molecular flexibility index (Phi) is 9.89. The summed E-state index contributed by atoms with van der Waals surface area (Å²) in [6.07, 6.45) is 10.5. The molecule has 4 rings (SSSR count). The van der Waals surface area contributed by atoms with E-state index >= 15 is 0 Å². The van der Waals surface area contributed by atoms with Crippen LogP contribution in [0, 0.1) is 0 Å². The van der Waals surface area contributed by atoms with Crippen LogP contribution in [0.3, 0.4) is 0 Å². The van der Waals surface area contributed by atoms with Gasteiger partial charge in [0, 0.05) is 0 Å². The van der Waals surface area contributed by atoms with Gasteiger partial charge in [-0.3, -0.25) is 0 Å². The molecule has 0 fully saturated rings. The molecule has 2 aromatic carbocycles. The molecule has 0 bridgehead atoms. The van der Waals surface area contributed by atoms with Gasteiger partial charge in [0.1, 0.15) is 0 Å². The van der Waals surface area contributed by atoms with E-state index in [2.05, 4.69) is 81.5 Å². The molecular weight excluding hydrogens is 493 g/mol. The van der Waals surface area contributed by atoms with Gasteiger partial charge < -0.3 is 24.8 Å². The summed E-state index contributed by atoms with van der Waals surface area (Å²) in [5.74, 6) is 0. The molecule has 2 aliphatic carbocycles. The third kappa shape index (κ3) is 5.18. The third-order valence-corrected chi connectivity index (χ3v) is 14.5. The predicted molar refractivity (Wildman–Crippen MR) is 117 cm³/mol. The first-order valence-corrected chi connectivity index (χ1v) is 14.9. The molecule has 0 radical (unpaired) electrons. The Balaban J connectivity index is 0.00000150. The topological polar surface area (TPSA) is 0 Å². The Hall–Kier alpha value is -0.187. The maximum atomic E-state index is 2.61. The first-order valence-electron chi connectivity index (χ1n) is 10.3. The number of rotatable bonds is 7. The SMILES string of the molecule is CCCP(CCC)C1=Cc2ccccc2[CH]1[Zr+2][CH]1C(C)=Cc2ccccc21.[Cl-].[Cl-]. The maximum absolute atomic E-state index is 2.61. The van der Waals surface area contributed by atoms with Gasteiger partial charge in [0.2, 0.25) is 0 Å². The average Bonchev–Trinajstić information content (AvgIpc) is 3.20. The fourth-order valence-corrected chi connectivity index (χ4v) is 13.4. The fraction of sp³-hybridized carbons (Fsp3) is 0.360. The van der Waals surface area contributed by atoms with Crippen molar-refractivity contribution in [2.24, 2.45) is 0 Å². The summed E-state index contributed by atoms with van der Waals surface area (Å²) < 4.78 is 1.51. The first kappa shape index (κ1) is 25.1. The molecule has 0 saturated heterocycles. The Labute approximate surface area is 201 Å². The van der Waals surface area contributed by atoms with Crippen LogP contribution < -0.4 is 24.8 Å². The van der Waals surface area contributed by atoms with E-state index in [4.69, 9.17) is 0 Å². The Morgan fingerprint density at radius 2 is 1.28 bits per heavy atom. The van der Waals surface area contributed by atoms with Gasteiger partial charge >= 0.3 is 178 Å². The van der Waals surface area contributed by atoms with Gasteiger partial charge in [-0.05, 0) is 0 Å². The van der Waals surface area contributed by atoms with E-state index < -0.39 is 23.2 Å². The maximum Gasteiger partial charge on any atom is -1.00 e. The van der Waals surface area contributed by atoms with E-state index in [9.17, 15) is 0 Å². The third-order valence-electron chi connectivity index (χ3n) is 5.74. The number of halogens is 2. The number of fused-ring (bicyclic) bond motifs is 2. The van der Waals surface area contributed by atoms with E-state index in [0.717, 1.165) is 7.25 Å². The van der Waals surface area contributed by atoms with Crippen LogP contribution in [-0.4, -0.2) is 12.3 Å². The Bertz CT molecular complexity index is 884. The molecule has 0 saturated carbocycles. The van der Waals surface area contributed by atoms with Crippen molar-refractivity contribution in [1.29, 1.82) is 0 Å². The van der Waals surface area contributed by atoms with Crippen molar-refractivity contribution in [3.63, 3.8) is 0 Å². The van der Waals surface area contributed by atoms with Crippen LogP contribution in [0.15, 0.2) is 59.4 Å². The number of hydrogen-bond acceptors (Lipinski definition) is 0. The molecule has 2 aromatic rings. The minimum Gasteiger partial charge on any atom is -1.00 e. The number of hydrogen-bond donors (Lipinski definition) is 0. The summed E-state index contributed by atoms with van der Waals surface area (Å²) in [4.78, 5) is 0. The summed E-state index contributed by atoms with van der Waals surface area (Å²) in [6.45, 7) is 7.10.